The number of benzene rings is 1. The third kappa shape index (κ3) is 6.04. The molecule has 1 N–H and O–H groups in total. The van der Waals surface area contributed by atoms with Crippen LogP contribution in [0.5, 0.6) is 0 Å². The highest BCUT2D eigenvalue weighted by Crippen LogP contribution is 2.18. The summed E-state index contributed by atoms with van der Waals surface area (Å²) in [4.78, 5) is 2.32. The number of rotatable bonds is 7. The van der Waals surface area contributed by atoms with Crippen LogP contribution in [0.4, 0.5) is 0 Å². The molecule has 0 amide bonds. The Morgan fingerprint density at radius 2 is 2.12 bits per heavy atom. The van der Waals surface area contributed by atoms with Crippen molar-refractivity contribution in [3.05, 3.63) is 32.4 Å². The lowest BCUT2D eigenvalue weighted by molar-refractivity contribution is 0.324. The van der Waals surface area contributed by atoms with Crippen LogP contribution in [0.15, 0.2) is 18.2 Å². The molecule has 0 aliphatic carbocycles. The van der Waals surface area contributed by atoms with Crippen LogP contribution in [-0.4, -0.2) is 31.6 Å². The summed E-state index contributed by atoms with van der Waals surface area (Å²) in [7, 11) is 2.14. The summed E-state index contributed by atoms with van der Waals surface area (Å²) in [6, 6.07) is 6.07. The summed E-state index contributed by atoms with van der Waals surface area (Å²) >= 11 is 8.37. The van der Waals surface area contributed by atoms with Crippen LogP contribution >= 0.6 is 34.2 Å². The maximum atomic E-state index is 6.01. The van der Waals surface area contributed by atoms with Crippen LogP contribution in [0, 0.1) is 3.57 Å². The van der Waals surface area contributed by atoms with Crippen LogP contribution < -0.4 is 5.32 Å². The van der Waals surface area contributed by atoms with E-state index in [0.29, 0.717) is 0 Å². The first-order valence-corrected chi connectivity index (χ1v) is 7.42. The van der Waals surface area contributed by atoms with Gasteiger partial charge < -0.3 is 10.2 Å². The topological polar surface area (TPSA) is 15.3 Å². The first kappa shape index (κ1) is 15.2. The summed E-state index contributed by atoms with van der Waals surface area (Å²) in [5.74, 6) is 0. The first-order valence-electron chi connectivity index (χ1n) is 5.96. The monoisotopic (exact) mass is 366 g/mol. The fourth-order valence-electron chi connectivity index (χ4n) is 1.61. The Bertz CT molecular complexity index is 344. The fraction of sp³-hybridized carbons (Fsp3) is 0.538. The summed E-state index contributed by atoms with van der Waals surface area (Å²) in [5, 5.41) is 4.23. The Kier molecular flexibility index (Phi) is 7.43. The maximum absolute atomic E-state index is 6.01. The Morgan fingerprint density at radius 3 is 2.82 bits per heavy atom. The average Bonchev–Trinajstić information content (AvgIpc) is 2.29. The Labute approximate surface area is 123 Å². The molecular formula is C13H20ClIN2. The van der Waals surface area contributed by atoms with Gasteiger partial charge in [0.05, 0.1) is 0 Å². The molecule has 0 aromatic heterocycles. The highest BCUT2D eigenvalue weighted by molar-refractivity contribution is 14.1. The van der Waals surface area contributed by atoms with Gasteiger partial charge in [-0.15, -0.1) is 0 Å². The van der Waals surface area contributed by atoms with Crippen molar-refractivity contribution in [2.75, 3.05) is 26.7 Å². The summed E-state index contributed by atoms with van der Waals surface area (Å²) in [6.45, 7) is 6.34. The van der Waals surface area contributed by atoms with Crippen LogP contribution in [0.2, 0.25) is 5.02 Å². The first-order chi connectivity index (χ1) is 8.13. The van der Waals surface area contributed by atoms with Gasteiger partial charge in [-0.25, -0.2) is 0 Å². The minimum absolute atomic E-state index is 0.818. The van der Waals surface area contributed by atoms with E-state index < -0.39 is 0 Å². The van der Waals surface area contributed by atoms with Gasteiger partial charge in [0.15, 0.2) is 0 Å². The smallest absolute Gasteiger partial charge is 0.0409 e. The van der Waals surface area contributed by atoms with Crippen LogP contribution in [0.3, 0.4) is 0 Å². The zero-order chi connectivity index (χ0) is 12.7. The number of nitrogens with zero attached hydrogens (tertiary/aromatic N) is 1. The van der Waals surface area contributed by atoms with Gasteiger partial charge in [0.1, 0.15) is 0 Å². The second-order valence-electron chi connectivity index (χ2n) is 4.22. The lowest BCUT2D eigenvalue weighted by atomic mass is 10.2. The largest absolute Gasteiger partial charge is 0.315 e. The Balaban J connectivity index is 2.39. The van der Waals surface area contributed by atoms with Gasteiger partial charge in [-0.05, 0) is 66.4 Å². The minimum atomic E-state index is 0.818. The van der Waals surface area contributed by atoms with E-state index in [2.05, 4.69) is 58.9 Å². The van der Waals surface area contributed by atoms with Crippen LogP contribution in [-0.2, 0) is 6.54 Å². The zero-order valence-electron chi connectivity index (χ0n) is 10.5. The van der Waals surface area contributed by atoms with Crippen molar-refractivity contribution in [2.45, 2.75) is 19.9 Å². The lowest BCUT2D eigenvalue weighted by Gasteiger charge is -2.18. The summed E-state index contributed by atoms with van der Waals surface area (Å²) < 4.78 is 1.28. The predicted molar refractivity (Wildman–Crippen MR) is 83.7 cm³/mol. The van der Waals surface area contributed by atoms with Crippen molar-refractivity contribution in [3.63, 3.8) is 0 Å². The third-order valence-corrected chi connectivity index (χ3v) is 3.83. The lowest BCUT2D eigenvalue weighted by Crippen LogP contribution is -2.29. The molecule has 0 bridgehead atoms. The molecule has 1 aromatic rings. The van der Waals surface area contributed by atoms with E-state index in [0.717, 1.165) is 31.2 Å². The van der Waals surface area contributed by atoms with Crippen LogP contribution in [0.1, 0.15) is 18.9 Å². The number of hydrogen-bond acceptors (Lipinski definition) is 2. The molecule has 0 aliphatic heterocycles. The quantitative estimate of drug-likeness (QED) is 0.588. The average molecular weight is 367 g/mol. The molecular weight excluding hydrogens is 347 g/mol. The van der Waals surface area contributed by atoms with E-state index in [9.17, 15) is 0 Å². The van der Waals surface area contributed by atoms with Crippen molar-refractivity contribution in [1.29, 1.82) is 0 Å². The zero-order valence-corrected chi connectivity index (χ0v) is 13.4. The molecule has 2 nitrogen and oxygen atoms in total. The molecule has 0 radical (unpaired) electrons. The Hall–Kier alpha value is 0.160. The van der Waals surface area contributed by atoms with E-state index in [-0.39, 0.29) is 0 Å². The van der Waals surface area contributed by atoms with Crippen molar-refractivity contribution < 1.29 is 0 Å². The van der Waals surface area contributed by atoms with E-state index in [1.807, 2.05) is 6.07 Å². The molecule has 1 rings (SSSR count). The van der Waals surface area contributed by atoms with E-state index >= 15 is 0 Å². The van der Waals surface area contributed by atoms with Crippen molar-refractivity contribution in [2.24, 2.45) is 0 Å². The van der Waals surface area contributed by atoms with E-state index in [1.165, 1.54) is 15.6 Å². The van der Waals surface area contributed by atoms with Gasteiger partial charge in [0, 0.05) is 28.2 Å². The van der Waals surface area contributed by atoms with E-state index in [4.69, 9.17) is 11.6 Å². The molecule has 0 saturated carbocycles. The number of hydrogen-bond donors (Lipinski definition) is 1. The molecule has 96 valence electrons. The molecule has 0 fully saturated rings. The van der Waals surface area contributed by atoms with Crippen molar-refractivity contribution in [3.8, 4) is 0 Å². The highest BCUT2D eigenvalue weighted by atomic mass is 127. The number of halogens is 2. The SMILES string of the molecule is CCCNCCN(C)Cc1cc(Cl)ccc1I. The molecule has 0 aliphatic rings. The fourth-order valence-corrected chi connectivity index (χ4v) is 2.31. The van der Waals surface area contributed by atoms with Gasteiger partial charge in [-0.3, -0.25) is 0 Å². The van der Waals surface area contributed by atoms with Gasteiger partial charge in [-0.1, -0.05) is 18.5 Å². The molecule has 0 unspecified atom stereocenters. The second kappa shape index (κ2) is 8.29. The molecule has 17 heavy (non-hydrogen) atoms. The third-order valence-electron chi connectivity index (χ3n) is 2.55. The summed E-state index contributed by atoms with van der Waals surface area (Å²) in [6.07, 6.45) is 1.19. The molecule has 0 saturated heterocycles. The van der Waals surface area contributed by atoms with Crippen molar-refractivity contribution >= 4 is 34.2 Å². The predicted octanol–water partition coefficient (Wildman–Crippen LogP) is 3.38. The number of likely N-dealkylation sites (N-methyl/N-ethyl adjacent to an activating group) is 1. The molecule has 0 heterocycles. The molecule has 4 heteroatoms. The highest BCUT2D eigenvalue weighted by Gasteiger charge is 2.04. The van der Waals surface area contributed by atoms with Gasteiger partial charge >= 0.3 is 0 Å². The van der Waals surface area contributed by atoms with Gasteiger partial charge in [-0.2, -0.15) is 0 Å². The maximum Gasteiger partial charge on any atom is 0.0409 e. The minimum Gasteiger partial charge on any atom is -0.315 e. The molecule has 1 aromatic carbocycles. The van der Waals surface area contributed by atoms with Gasteiger partial charge in [0.2, 0.25) is 0 Å². The second-order valence-corrected chi connectivity index (χ2v) is 5.82. The molecule has 0 atom stereocenters. The standard InChI is InChI=1S/C13H20ClIN2/c1-3-6-16-7-8-17(2)10-11-9-12(14)4-5-13(11)15/h4-5,9,16H,3,6-8,10H2,1-2H3. The van der Waals surface area contributed by atoms with E-state index in [1.54, 1.807) is 0 Å². The Morgan fingerprint density at radius 1 is 1.35 bits per heavy atom. The van der Waals surface area contributed by atoms with Crippen molar-refractivity contribution in [1.82, 2.24) is 10.2 Å². The van der Waals surface area contributed by atoms with Gasteiger partial charge in [0.25, 0.3) is 0 Å². The van der Waals surface area contributed by atoms with Crippen LogP contribution in [0.25, 0.3) is 0 Å². The molecule has 0 spiro atoms. The number of nitrogens with one attached hydrogen (secondary N) is 1. The summed E-state index contributed by atoms with van der Waals surface area (Å²) in [5.41, 5.74) is 1.30. The normalized spacial score (nSPS) is 11.1.